The molecule has 1 aliphatic heterocycles. The molecule has 2 aromatic rings. The summed E-state index contributed by atoms with van der Waals surface area (Å²) in [7, 11) is -0.853. The van der Waals surface area contributed by atoms with Crippen molar-refractivity contribution < 1.29 is 8.83 Å². The summed E-state index contributed by atoms with van der Waals surface area (Å²) in [4.78, 5) is 0. The Hall–Kier alpha value is -0.620. The summed E-state index contributed by atoms with van der Waals surface area (Å²) >= 11 is 0. The van der Waals surface area contributed by atoms with Gasteiger partial charge in [0.1, 0.15) is 19.1 Å². The average molecular weight is 379 g/mol. The Labute approximate surface area is 154 Å². The molecule has 0 aliphatic carbocycles. The SMILES string of the molecule is CCCCN(P(c1ccco1)c1ccco1)P1[C@H](CC)CC[C@H]1CC. The number of furan rings is 2. The second-order valence-corrected chi connectivity index (χ2v) is 11.8. The monoisotopic (exact) mass is 379 g/mol. The van der Waals surface area contributed by atoms with Crippen LogP contribution in [0.15, 0.2) is 45.6 Å². The van der Waals surface area contributed by atoms with Crippen LogP contribution in [-0.2, 0) is 0 Å². The summed E-state index contributed by atoms with van der Waals surface area (Å²) in [6.07, 6.45) is 11.5. The zero-order chi connectivity index (χ0) is 17.6. The van der Waals surface area contributed by atoms with Crippen molar-refractivity contribution in [3.63, 3.8) is 0 Å². The molecule has 0 unspecified atom stereocenters. The van der Waals surface area contributed by atoms with Gasteiger partial charge in [0.15, 0.2) is 0 Å². The Morgan fingerprint density at radius 3 is 1.96 bits per heavy atom. The number of unbranched alkanes of at least 4 members (excludes halogenated alkanes) is 1. The highest BCUT2D eigenvalue weighted by atomic mass is 31.2. The lowest BCUT2D eigenvalue weighted by molar-refractivity contribution is 0.572. The summed E-state index contributed by atoms with van der Waals surface area (Å²) in [6, 6.07) is 8.31. The van der Waals surface area contributed by atoms with Gasteiger partial charge in [-0.3, -0.25) is 0 Å². The Balaban J connectivity index is 1.99. The summed E-state index contributed by atoms with van der Waals surface area (Å²) in [5, 5.41) is 0. The summed E-state index contributed by atoms with van der Waals surface area (Å²) in [5.41, 5.74) is 3.87. The minimum Gasteiger partial charge on any atom is -0.463 e. The van der Waals surface area contributed by atoms with Crippen LogP contribution in [0.2, 0.25) is 0 Å². The Morgan fingerprint density at radius 1 is 1.00 bits per heavy atom. The predicted octanol–water partition coefficient (Wildman–Crippen LogP) is 6.07. The smallest absolute Gasteiger partial charge is 0.148 e. The topological polar surface area (TPSA) is 29.5 Å². The van der Waals surface area contributed by atoms with Crippen LogP contribution in [0.25, 0.3) is 0 Å². The largest absolute Gasteiger partial charge is 0.463 e. The highest BCUT2D eigenvalue weighted by Crippen LogP contribution is 2.67. The van der Waals surface area contributed by atoms with Gasteiger partial charge in [-0.2, -0.15) is 0 Å². The molecule has 0 bridgehead atoms. The molecule has 25 heavy (non-hydrogen) atoms. The van der Waals surface area contributed by atoms with E-state index in [9.17, 15) is 0 Å². The molecule has 2 atom stereocenters. The van der Waals surface area contributed by atoms with Crippen LogP contribution in [0.5, 0.6) is 0 Å². The van der Waals surface area contributed by atoms with Gasteiger partial charge in [-0.05, 0) is 75.8 Å². The van der Waals surface area contributed by atoms with Crippen LogP contribution in [0.4, 0.5) is 0 Å². The Morgan fingerprint density at radius 2 is 1.56 bits per heavy atom. The third-order valence-corrected chi connectivity index (χ3v) is 11.8. The second-order valence-electron chi connectivity index (χ2n) is 6.75. The fraction of sp³-hybridized carbons (Fsp3) is 0.600. The molecular formula is C20H31NO2P2. The summed E-state index contributed by atoms with van der Waals surface area (Å²) < 4.78 is 14.7. The van der Waals surface area contributed by atoms with Gasteiger partial charge in [-0.25, -0.2) is 4.44 Å². The molecule has 3 nitrogen and oxygen atoms in total. The fourth-order valence-corrected chi connectivity index (χ4v) is 11.2. The van der Waals surface area contributed by atoms with Crippen molar-refractivity contribution in [3.05, 3.63) is 36.8 Å². The van der Waals surface area contributed by atoms with Crippen molar-refractivity contribution in [3.8, 4) is 0 Å². The lowest BCUT2D eigenvalue weighted by Crippen LogP contribution is -2.29. The lowest BCUT2D eigenvalue weighted by Gasteiger charge is -2.40. The van der Waals surface area contributed by atoms with Gasteiger partial charge in [-0.1, -0.05) is 27.2 Å². The number of hydrogen-bond acceptors (Lipinski definition) is 3. The first kappa shape index (κ1) is 19.2. The van der Waals surface area contributed by atoms with Gasteiger partial charge in [0, 0.05) is 6.54 Å². The van der Waals surface area contributed by atoms with Crippen molar-refractivity contribution >= 4 is 27.1 Å². The van der Waals surface area contributed by atoms with Crippen molar-refractivity contribution in [2.75, 3.05) is 6.54 Å². The van der Waals surface area contributed by atoms with E-state index in [1.165, 1.54) is 38.5 Å². The van der Waals surface area contributed by atoms with E-state index in [4.69, 9.17) is 8.83 Å². The standard InChI is InChI=1S/C20H31NO2P2/c1-4-7-14-21(24-17(5-2)12-13-18(24)6-3)25(19-10-8-15-22-19)20-11-9-16-23-20/h8-11,15-18H,4-7,12-14H2,1-3H3/t17-,18-/m1/s1. The van der Waals surface area contributed by atoms with Crippen molar-refractivity contribution in [2.24, 2.45) is 0 Å². The number of hydrogen-bond donors (Lipinski definition) is 0. The van der Waals surface area contributed by atoms with Gasteiger partial charge in [-0.15, -0.1) is 0 Å². The molecule has 0 amide bonds. The zero-order valence-corrected chi connectivity index (χ0v) is 17.5. The molecule has 0 spiro atoms. The molecular weight excluding hydrogens is 348 g/mol. The van der Waals surface area contributed by atoms with Crippen molar-refractivity contribution in [1.82, 2.24) is 4.44 Å². The van der Waals surface area contributed by atoms with Crippen LogP contribution in [0.1, 0.15) is 59.3 Å². The zero-order valence-electron chi connectivity index (χ0n) is 15.7. The summed E-state index contributed by atoms with van der Waals surface area (Å²) in [6.45, 7) is 8.19. The summed E-state index contributed by atoms with van der Waals surface area (Å²) in [5.74, 6) is 0. The van der Waals surface area contributed by atoms with E-state index in [1.54, 1.807) is 0 Å². The second kappa shape index (κ2) is 9.36. The van der Waals surface area contributed by atoms with Gasteiger partial charge < -0.3 is 8.83 Å². The quantitative estimate of drug-likeness (QED) is 0.495. The van der Waals surface area contributed by atoms with E-state index in [1.807, 2.05) is 24.7 Å². The Kier molecular flexibility index (Phi) is 7.17. The fourth-order valence-electron chi connectivity index (χ4n) is 3.84. The van der Waals surface area contributed by atoms with Gasteiger partial charge >= 0.3 is 0 Å². The molecule has 0 radical (unpaired) electrons. The van der Waals surface area contributed by atoms with Crippen LogP contribution in [-0.4, -0.2) is 22.3 Å². The molecule has 0 N–H and O–H groups in total. The van der Waals surface area contributed by atoms with Crippen LogP contribution >= 0.6 is 16.1 Å². The van der Waals surface area contributed by atoms with Crippen LogP contribution < -0.4 is 11.0 Å². The van der Waals surface area contributed by atoms with E-state index in [2.05, 4.69) is 37.3 Å². The third-order valence-electron chi connectivity index (χ3n) is 5.16. The molecule has 0 saturated carbocycles. The van der Waals surface area contributed by atoms with Crippen LogP contribution in [0, 0.1) is 0 Å². The van der Waals surface area contributed by atoms with Gasteiger partial charge in [0.05, 0.1) is 12.5 Å². The van der Waals surface area contributed by atoms with E-state index < -0.39 is 8.07 Å². The van der Waals surface area contributed by atoms with Crippen molar-refractivity contribution in [1.29, 1.82) is 0 Å². The third kappa shape index (κ3) is 4.21. The lowest BCUT2D eigenvalue weighted by atomic mass is 10.1. The minimum absolute atomic E-state index is 0.154. The first-order chi connectivity index (χ1) is 12.3. The highest BCUT2D eigenvalue weighted by molar-refractivity contribution is 7.79. The van der Waals surface area contributed by atoms with Crippen molar-refractivity contribution in [2.45, 2.75) is 70.6 Å². The molecule has 3 heterocycles. The van der Waals surface area contributed by atoms with E-state index >= 15 is 0 Å². The molecule has 1 aliphatic rings. The maximum atomic E-state index is 5.92. The molecule has 0 aromatic carbocycles. The number of rotatable bonds is 9. The van der Waals surface area contributed by atoms with E-state index in [0.717, 1.165) is 28.9 Å². The predicted molar refractivity (Wildman–Crippen MR) is 110 cm³/mol. The molecule has 3 rings (SSSR count). The Bertz CT molecular complexity index is 553. The first-order valence-corrected chi connectivity index (χ1v) is 12.5. The minimum atomic E-state index is -0.699. The number of nitrogens with zero attached hydrogens (tertiary/aromatic N) is 1. The van der Waals surface area contributed by atoms with Crippen LogP contribution in [0.3, 0.4) is 0 Å². The molecule has 138 valence electrons. The average Bonchev–Trinajstić information content (AvgIpc) is 3.39. The molecule has 1 fully saturated rings. The highest BCUT2D eigenvalue weighted by Gasteiger charge is 2.42. The molecule has 2 aromatic heterocycles. The maximum absolute atomic E-state index is 5.92. The maximum Gasteiger partial charge on any atom is 0.148 e. The first-order valence-electron chi connectivity index (χ1n) is 9.72. The van der Waals surface area contributed by atoms with E-state index in [0.29, 0.717) is 0 Å². The normalized spacial score (nSPS) is 21.6. The molecule has 5 heteroatoms. The molecule has 1 saturated heterocycles. The van der Waals surface area contributed by atoms with Gasteiger partial charge in [0.25, 0.3) is 0 Å². The van der Waals surface area contributed by atoms with Gasteiger partial charge in [0.2, 0.25) is 0 Å². The van der Waals surface area contributed by atoms with E-state index in [-0.39, 0.29) is 8.07 Å².